The molecule has 1 heterocycles. The van der Waals surface area contributed by atoms with Gasteiger partial charge in [-0.05, 0) is 31.4 Å². The summed E-state index contributed by atoms with van der Waals surface area (Å²) in [6.07, 6.45) is -5.67. The molecule has 2 bridgehead atoms. The first-order chi connectivity index (χ1) is 16.3. The van der Waals surface area contributed by atoms with Crippen LogP contribution in [-0.2, 0) is 26.0 Å². The third kappa shape index (κ3) is 4.63. The van der Waals surface area contributed by atoms with Gasteiger partial charge >= 0.3 is 12.5 Å². The fourth-order valence-electron chi connectivity index (χ4n) is 5.24. The number of hydrogen-bond donors (Lipinski definition) is 1. The highest BCUT2D eigenvalue weighted by Crippen LogP contribution is 2.65. The van der Waals surface area contributed by atoms with Gasteiger partial charge in [-0.25, -0.2) is 9.37 Å². The van der Waals surface area contributed by atoms with E-state index in [1.54, 1.807) is 6.20 Å². The lowest BCUT2D eigenvalue weighted by molar-refractivity contribution is -0.357. The van der Waals surface area contributed by atoms with E-state index in [1.807, 2.05) is 4.57 Å². The van der Waals surface area contributed by atoms with E-state index in [2.05, 4.69) is 15.0 Å². The maximum atomic E-state index is 13.9. The molecule has 4 aliphatic rings. The lowest BCUT2D eigenvalue weighted by atomic mass is 9.44. The zero-order valence-electron chi connectivity index (χ0n) is 18.0. The molecule has 1 amide bonds. The summed E-state index contributed by atoms with van der Waals surface area (Å²) in [4.78, 5) is 16.4. The van der Waals surface area contributed by atoms with Gasteiger partial charge in [0.1, 0.15) is 12.4 Å². The van der Waals surface area contributed by atoms with Gasteiger partial charge in [-0.15, -0.1) is 13.2 Å². The van der Waals surface area contributed by atoms with E-state index in [9.17, 15) is 35.5 Å². The van der Waals surface area contributed by atoms with E-state index in [0.717, 1.165) is 6.07 Å². The van der Waals surface area contributed by atoms with Crippen LogP contribution in [0.25, 0.3) is 11.3 Å². The molecular weight excluding hydrogens is 487 g/mol. The van der Waals surface area contributed by atoms with Gasteiger partial charge in [0.2, 0.25) is 5.91 Å². The van der Waals surface area contributed by atoms with Crippen molar-refractivity contribution in [3.05, 3.63) is 42.1 Å². The molecule has 4 aliphatic carbocycles. The topological polar surface area (TPSA) is 65.4 Å². The van der Waals surface area contributed by atoms with Crippen molar-refractivity contribution < 1.29 is 45.0 Å². The number of halogens is 7. The Balaban J connectivity index is 1.10. The number of amides is 1. The molecule has 1 N–H and O–H groups in total. The minimum atomic E-state index is -4.78. The minimum Gasteiger partial charge on any atom is -0.368 e. The summed E-state index contributed by atoms with van der Waals surface area (Å²) in [5, 5.41) is 2.91. The molecule has 0 spiro atoms. The molecule has 0 atom stereocenters. The largest absolute Gasteiger partial charge is 0.522 e. The molecule has 4 saturated carbocycles. The molecule has 0 unspecified atom stereocenters. The normalized spacial score (nSPS) is 29.7. The summed E-state index contributed by atoms with van der Waals surface area (Å²) in [6, 6.07) is 2.66. The number of carbonyl (C=O) groups is 1. The summed E-state index contributed by atoms with van der Waals surface area (Å²) in [5.41, 5.74) is -1.46. The van der Waals surface area contributed by atoms with Crippen LogP contribution in [0.2, 0.25) is 0 Å². The molecular formula is C22H20F7N3O3. The first-order valence-corrected chi connectivity index (χ1v) is 10.8. The van der Waals surface area contributed by atoms with Gasteiger partial charge in [0, 0.05) is 30.1 Å². The van der Waals surface area contributed by atoms with Crippen LogP contribution in [0.4, 0.5) is 30.7 Å². The predicted octanol–water partition coefficient (Wildman–Crippen LogP) is 4.54. The molecule has 190 valence electrons. The SMILES string of the molecule is O=C(CO[C@H]1C[C@@H](OC(F)(F)F)C1)NC12CC(n3cnc(-c4ccc(C(F)(F)F)c(F)c4)c3)(C1)C2. The van der Waals surface area contributed by atoms with Crippen molar-refractivity contribution in [1.82, 2.24) is 14.9 Å². The molecule has 35 heavy (non-hydrogen) atoms. The predicted molar refractivity (Wildman–Crippen MR) is 105 cm³/mol. The number of hydrogen-bond acceptors (Lipinski definition) is 4. The molecule has 13 heteroatoms. The number of rotatable bonds is 7. The fraction of sp³-hybridized carbons (Fsp3) is 0.545. The van der Waals surface area contributed by atoms with E-state index >= 15 is 0 Å². The van der Waals surface area contributed by atoms with Gasteiger partial charge in [-0.2, -0.15) is 13.2 Å². The minimum absolute atomic E-state index is 0.0762. The van der Waals surface area contributed by atoms with E-state index in [1.165, 1.54) is 12.4 Å². The first kappa shape index (κ1) is 24.0. The Morgan fingerprint density at radius 3 is 2.40 bits per heavy atom. The summed E-state index contributed by atoms with van der Waals surface area (Å²) in [5.74, 6) is -1.73. The molecule has 6 nitrogen and oxygen atoms in total. The van der Waals surface area contributed by atoms with Crippen LogP contribution in [-0.4, -0.2) is 46.2 Å². The highest BCUT2D eigenvalue weighted by Gasteiger charge is 2.69. The third-order valence-corrected chi connectivity index (χ3v) is 6.91. The van der Waals surface area contributed by atoms with E-state index in [4.69, 9.17) is 4.74 Å². The van der Waals surface area contributed by atoms with E-state index < -0.39 is 41.7 Å². The van der Waals surface area contributed by atoms with E-state index in [0.29, 0.717) is 31.0 Å². The van der Waals surface area contributed by atoms with Gasteiger partial charge in [0.25, 0.3) is 0 Å². The van der Waals surface area contributed by atoms with Crippen molar-refractivity contribution in [3.8, 4) is 11.3 Å². The first-order valence-electron chi connectivity index (χ1n) is 10.8. The highest BCUT2D eigenvalue weighted by atomic mass is 19.4. The van der Waals surface area contributed by atoms with Crippen LogP contribution in [0.5, 0.6) is 0 Å². The van der Waals surface area contributed by atoms with Crippen molar-refractivity contribution in [2.75, 3.05) is 6.61 Å². The molecule has 1 aromatic carbocycles. The summed E-state index contributed by atoms with van der Waals surface area (Å²) >= 11 is 0. The van der Waals surface area contributed by atoms with Crippen molar-refractivity contribution >= 4 is 5.91 Å². The van der Waals surface area contributed by atoms with Crippen LogP contribution >= 0.6 is 0 Å². The lowest BCUT2D eigenvalue weighted by Crippen LogP contribution is -2.78. The highest BCUT2D eigenvalue weighted by molar-refractivity contribution is 5.79. The van der Waals surface area contributed by atoms with Crippen LogP contribution in [0.1, 0.15) is 37.7 Å². The van der Waals surface area contributed by atoms with Gasteiger partial charge in [0.05, 0.1) is 35.3 Å². The van der Waals surface area contributed by atoms with Gasteiger partial charge in [-0.1, -0.05) is 6.07 Å². The fourth-order valence-corrected chi connectivity index (χ4v) is 5.24. The Kier molecular flexibility index (Phi) is 5.44. The van der Waals surface area contributed by atoms with Crippen LogP contribution < -0.4 is 5.32 Å². The number of benzene rings is 1. The number of imidazole rings is 1. The molecule has 4 fully saturated rings. The smallest absolute Gasteiger partial charge is 0.368 e. The molecule has 1 aromatic heterocycles. The Bertz CT molecular complexity index is 1120. The number of alkyl halides is 6. The number of ether oxygens (including phenoxy) is 2. The van der Waals surface area contributed by atoms with E-state index in [-0.39, 0.29) is 36.5 Å². The molecule has 0 aliphatic heterocycles. The van der Waals surface area contributed by atoms with Crippen molar-refractivity contribution in [2.45, 2.75) is 67.9 Å². The van der Waals surface area contributed by atoms with Crippen LogP contribution in [0.3, 0.4) is 0 Å². The van der Waals surface area contributed by atoms with Gasteiger partial charge in [-0.3, -0.25) is 9.53 Å². The Morgan fingerprint density at radius 2 is 1.80 bits per heavy atom. The molecule has 6 rings (SSSR count). The number of nitrogens with one attached hydrogen (secondary N) is 1. The van der Waals surface area contributed by atoms with Gasteiger partial charge < -0.3 is 14.6 Å². The number of carbonyl (C=O) groups excluding carboxylic acids is 1. The van der Waals surface area contributed by atoms with Crippen molar-refractivity contribution in [1.29, 1.82) is 0 Å². The molecule has 0 saturated heterocycles. The number of aromatic nitrogens is 2. The Morgan fingerprint density at radius 1 is 1.11 bits per heavy atom. The number of nitrogens with zero attached hydrogens (tertiary/aromatic N) is 2. The second kappa shape index (κ2) is 7.92. The van der Waals surface area contributed by atoms with Crippen LogP contribution in [0.15, 0.2) is 30.7 Å². The van der Waals surface area contributed by atoms with Crippen molar-refractivity contribution in [3.63, 3.8) is 0 Å². The maximum absolute atomic E-state index is 13.9. The molecule has 2 aromatic rings. The lowest BCUT2D eigenvalue weighted by Gasteiger charge is -2.70. The second-order valence-electron chi connectivity index (χ2n) is 9.53. The third-order valence-electron chi connectivity index (χ3n) is 6.91. The van der Waals surface area contributed by atoms with Crippen molar-refractivity contribution in [2.24, 2.45) is 0 Å². The van der Waals surface area contributed by atoms with Gasteiger partial charge in [0.15, 0.2) is 0 Å². The summed E-state index contributed by atoms with van der Waals surface area (Å²) in [6.45, 7) is -0.257. The molecule has 0 radical (unpaired) electrons. The Hall–Kier alpha value is -2.67. The summed E-state index contributed by atoms with van der Waals surface area (Å²) in [7, 11) is 0. The zero-order valence-corrected chi connectivity index (χ0v) is 18.0. The monoisotopic (exact) mass is 507 g/mol. The Labute approximate surface area is 194 Å². The summed E-state index contributed by atoms with van der Waals surface area (Å²) < 4.78 is 99.6. The quantitative estimate of drug-likeness (QED) is 0.559. The van der Waals surface area contributed by atoms with Crippen LogP contribution in [0, 0.1) is 5.82 Å². The standard InChI is InChI=1S/C22H20F7N3O3/c23-16-3-12(1-2-15(16)21(24,25)26)17-6-32(11-30-17)20-8-19(9-20,10-20)31-18(33)7-34-13-4-14(5-13)35-22(27,28)29/h1-3,6,11,13-14H,4-5,7-10H2,(H,31,33)/t13-,14+,19?,20?. The average molecular weight is 507 g/mol. The average Bonchev–Trinajstić information content (AvgIpc) is 3.13. The second-order valence-corrected chi connectivity index (χ2v) is 9.53. The maximum Gasteiger partial charge on any atom is 0.522 e. The zero-order chi connectivity index (χ0) is 25.2.